The van der Waals surface area contributed by atoms with Gasteiger partial charge in [-0.2, -0.15) is 0 Å². The average molecular weight is 299 g/mol. The summed E-state index contributed by atoms with van der Waals surface area (Å²) >= 11 is 0. The molecule has 0 bridgehead atoms. The molecule has 0 amide bonds. The molecule has 0 aliphatic carbocycles. The molecule has 2 rings (SSSR count). The highest BCUT2D eigenvalue weighted by molar-refractivity contribution is 7.89. The maximum atomic E-state index is 12.1. The summed E-state index contributed by atoms with van der Waals surface area (Å²) < 4.78 is 26.8. The monoisotopic (exact) mass is 299 g/mol. The number of rotatable bonds is 5. The molecule has 1 fully saturated rings. The molecule has 0 saturated carbocycles. The van der Waals surface area contributed by atoms with Crippen molar-refractivity contribution in [2.75, 3.05) is 26.2 Å². The van der Waals surface area contributed by atoms with Crippen LogP contribution >= 0.6 is 0 Å². The highest BCUT2D eigenvalue weighted by Gasteiger charge is 2.21. The van der Waals surface area contributed by atoms with Crippen molar-refractivity contribution in [2.24, 2.45) is 5.92 Å². The maximum absolute atomic E-state index is 12.1. The first kappa shape index (κ1) is 15.2. The molecular formula is C13H21N3O3S. The molecule has 1 aromatic rings. The Kier molecular flexibility index (Phi) is 4.95. The highest BCUT2D eigenvalue weighted by atomic mass is 32.2. The van der Waals surface area contributed by atoms with Crippen LogP contribution in [0.3, 0.4) is 0 Å². The first-order valence-corrected chi connectivity index (χ1v) is 8.40. The molecule has 1 aliphatic rings. The first-order chi connectivity index (χ1) is 9.51. The number of aromatic nitrogens is 1. The number of nitrogens with zero attached hydrogens (tertiary/aromatic N) is 1. The molecule has 112 valence electrons. The predicted octanol–water partition coefficient (Wildman–Crippen LogP) is 0.385. The molecule has 0 aromatic carbocycles. The van der Waals surface area contributed by atoms with Crippen LogP contribution in [0.25, 0.3) is 0 Å². The molecule has 0 radical (unpaired) electrons. The lowest BCUT2D eigenvalue weighted by atomic mass is 9.97. The van der Waals surface area contributed by atoms with Crippen LogP contribution in [0.15, 0.2) is 28.0 Å². The van der Waals surface area contributed by atoms with Crippen molar-refractivity contribution in [1.29, 1.82) is 0 Å². The van der Waals surface area contributed by atoms with E-state index in [0.717, 1.165) is 32.5 Å². The van der Waals surface area contributed by atoms with Crippen molar-refractivity contribution < 1.29 is 8.42 Å². The molecule has 1 aliphatic heterocycles. The quantitative estimate of drug-likeness (QED) is 0.824. The molecule has 20 heavy (non-hydrogen) atoms. The van der Waals surface area contributed by atoms with Crippen LogP contribution in [0.5, 0.6) is 0 Å². The van der Waals surface area contributed by atoms with Crippen molar-refractivity contribution in [1.82, 2.24) is 14.6 Å². The van der Waals surface area contributed by atoms with Gasteiger partial charge < -0.3 is 9.88 Å². The van der Waals surface area contributed by atoms with Gasteiger partial charge in [-0.1, -0.05) is 6.92 Å². The molecule has 0 unspecified atom stereocenters. The number of aromatic amines is 1. The Hall–Kier alpha value is -1.18. The normalized spacial score (nSPS) is 18.2. The predicted molar refractivity (Wildman–Crippen MR) is 77.1 cm³/mol. The van der Waals surface area contributed by atoms with Gasteiger partial charge in [-0.15, -0.1) is 0 Å². The summed E-state index contributed by atoms with van der Waals surface area (Å²) in [6.45, 7) is 5.71. The molecule has 7 heteroatoms. The van der Waals surface area contributed by atoms with Crippen molar-refractivity contribution in [3.63, 3.8) is 0 Å². The first-order valence-electron chi connectivity index (χ1n) is 6.92. The lowest BCUT2D eigenvalue weighted by molar-refractivity contribution is 0.194. The lowest BCUT2D eigenvalue weighted by Crippen LogP contribution is -2.38. The van der Waals surface area contributed by atoms with Crippen LogP contribution in [0.4, 0.5) is 0 Å². The van der Waals surface area contributed by atoms with Gasteiger partial charge in [0.25, 0.3) is 0 Å². The van der Waals surface area contributed by atoms with Crippen LogP contribution in [-0.2, 0) is 10.0 Å². The van der Waals surface area contributed by atoms with Gasteiger partial charge in [0, 0.05) is 18.8 Å². The van der Waals surface area contributed by atoms with Gasteiger partial charge in [0.05, 0.1) is 4.90 Å². The standard InChI is InChI=1S/C13H21N3O3S/c1-2-16-7-5-11(6-8-16)9-15-20(18,19)12-3-4-13(17)14-10-12/h3-4,10-11,15H,2,5-9H2,1H3,(H,14,17). The van der Waals surface area contributed by atoms with E-state index in [1.54, 1.807) is 0 Å². The van der Waals surface area contributed by atoms with E-state index in [1.807, 2.05) is 0 Å². The molecular weight excluding hydrogens is 278 g/mol. The Bertz CT molecular complexity index is 569. The second-order valence-corrected chi connectivity index (χ2v) is 6.89. The Balaban J connectivity index is 1.90. The fraction of sp³-hybridized carbons (Fsp3) is 0.615. The van der Waals surface area contributed by atoms with Gasteiger partial charge in [0.15, 0.2) is 0 Å². The number of hydrogen-bond acceptors (Lipinski definition) is 4. The van der Waals surface area contributed by atoms with E-state index in [2.05, 4.69) is 21.5 Å². The molecule has 6 nitrogen and oxygen atoms in total. The minimum Gasteiger partial charge on any atom is -0.328 e. The fourth-order valence-electron chi connectivity index (χ4n) is 2.38. The van der Waals surface area contributed by atoms with Gasteiger partial charge in [-0.05, 0) is 44.5 Å². The van der Waals surface area contributed by atoms with Crippen LogP contribution in [-0.4, -0.2) is 44.5 Å². The molecule has 2 heterocycles. The molecule has 2 N–H and O–H groups in total. The smallest absolute Gasteiger partial charge is 0.247 e. The van der Waals surface area contributed by atoms with E-state index in [1.165, 1.54) is 18.3 Å². The third-order valence-electron chi connectivity index (χ3n) is 3.78. The van der Waals surface area contributed by atoms with E-state index >= 15 is 0 Å². The van der Waals surface area contributed by atoms with Crippen LogP contribution < -0.4 is 10.3 Å². The summed E-state index contributed by atoms with van der Waals surface area (Å²) in [6, 6.07) is 2.54. The van der Waals surface area contributed by atoms with Gasteiger partial charge in [-0.3, -0.25) is 4.79 Å². The van der Waals surface area contributed by atoms with Gasteiger partial charge >= 0.3 is 0 Å². The van der Waals surface area contributed by atoms with E-state index in [9.17, 15) is 13.2 Å². The number of H-pyrrole nitrogens is 1. The van der Waals surface area contributed by atoms with Crippen molar-refractivity contribution in [2.45, 2.75) is 24.7 Å². The summed E-state index contributed by atoms with van der Waals surface area (Å²) in [4.78, 5) is 15.8. The summed E-state index contributed by atoms with van der Waals surface area (Å²) in [6.07, 6.45) is 3.26. The van der Waals surface area contributed by atoms with Crippen LogP contribution in [0.2, 0.25) is 0 Å². The van der Waals surface area contributed by atoms with Crippen LogP contribution in [0.1, 0.15) is 19.8 Å². The summed E-state index contributed by atoms with van der Waals surface area (Å²) in [5.74, 6) is 0.385. The van der Waals surface area contributed by atoms with E-state index < -0.39 is 10.0 Å². The molecule has 1 aromatic heterocycles. The zero-order valence-corrected chi connectivity index (χ0v) is 12.4. The molecule has 0 atom stereocenters. The number of pyridine rings is 1. The fourth-order valence-corrected chi connectivity index (χ4v) is 3.46. The Labute approximate surface area is 119 Å². The number of sulfonamides is 1. The minimum atomic E-state index is -3.53. The van der Waals surface area contributed by atoms with Crippen molar-refractivity contribution >= 4 is 10.0 Å². The minimum absolute atomic E-state index is 0.100. The zero-order valence-electron chi connectivity index (χ0n) is 11.6. The van der Waals surface area contributed by atoms with E-state index in [0.29, 0.717) is 12.5 Å². The Morgan fingerprint density at radius 2 is 2.05 bits per heavy atom. The van der Waals surface area contributed by atoms with E-state index in [-0.39, 0.29) is 10.5 Å². The highest BCUT2D eigenvalue weighted by Crippen LogP contribution is 2.16. The SMILES string of the molecule is CCN1CCC(CNS(=O)(=O)c2ccc(=O)[nH]c2)CC1. The molecule has 1 saturated heterocycles. The average Bonchev–Trinajstić information content (AvgIpc) is 2.46. The van der Waals surface area contributed by atoms with Crippen molar-refractivity contribution in [3.8, 4) is 0 Å². The lowest BCUT2D eigenvalue weighted by Gasteiger charge is -2.30. The number of nitrogens with one attached hydrogen (secondary N) is 2. The summed E-state index contributed by atoms with van der Waals surface area (Å²) in [5.41, 5.74) is -0.309. The van der Waals surface area contributed by atoms with Gasteiger partial charge in [0.2, 0.25) is 15.6 Å². The zero-order chi connectivity index (χ0) is 14.6. The van der Waals surface area contributed by atoms with Gasteiger partial charge in [-0.25, -0.2) is 13.1 Å². The van der Waals surface area contributed by atoms with Crippen LogP contribution in [0, 0.1) is 5.92 Å². The second-order valence-electron chi connectivity index (χ2n) is 5.12. The third-order valence-corrected chi connectivity index (χ3v) is 5.20. The third kappa shape index (κ3) is 3.91. The summed E-state index contributed by atoms with van der Waals surface area (Å²) in [5, 5.41) is 0. The number of hydrogen-bond donors (Lipinski definition) is 2. The summed E-state index contributed by atoms with van der Waals surface area (Å²) in [7, 11) is -3.53. The molecule has 0 spiro atoms. The topological polar surface area (TPSA) is 82.3 Å². The number of piperidine rings is 1. The van der Waals surface area contributed by atoms with Crippen molar-refractivity contribution in [3.05, 3.63) is 28.7 Å². The Morgan fingerprint density at radius 1 is 1.35 bits per heavy atom. The second kappa shape index (κ2) is 6.51. The number of likely N-dealkylation sites (tertiary alicyclic amines) is 1. The largest absolute Gasteiger partial charge is 0.328 e. The Morgan fingerprint density at radius 3 is 2.60 bits per heavy atom. The van der Waals surface area contributed by atoms with E-state index in [4.69, 9.17) is 0 Å². The maximum Gasteiger partial charge on any atom is 0.247 e. The van der Waals surface area contributed by atoms with Gasteiger partial charge in [0.1, 0.15) is 0 Å².